The summed E-state index contributed by atoms with van der Waals surface area (Å²) in [5, 5.41) is 3.09. The molecule has 4 rings (SSSR count). The van der Waals surface area contributed by atoms with Gasteiger partial charge in [-0.15, -0.1) is 11.3 Å². The minimum atomic E-state index is 0.768. The third-order valence-electron chi connectivity index (χ3n) is 3.39. The van der Waals surface area contributed by atoms with Crippen LogP contribution < -0.4 is 0 Å². The third-order valence-corrected chi connectivity index (χ3v) is 4.28. The summed E-state index contributed by atoms with van der Waals surface area (Å²) in [5.41, 5.74) is 4.89. The molecule has 2 aromatic heterocycles. The molecule has 4 heteroatoms. The number of rotatable bonds is 3. The van der Waals surface area contributed by atoms with Gasteiger partial charge < -0.3 is 4.42 Å². The largest absolute Gasteiger partial charge is 0.440 e. The third kappa shape index (κ3) is 2.34. The number of hydrogen-bond acceptors (Lipinski definition) is 4. The highest BCUT2D eigenvalue weighted by molar-refractivity contribution is 7.13. The molecular formula is C18H11N2OS. The first-order valence-electron chi connectivity index (χ1n) is 6.84. The van der Waals surface area contributed by atoms with Crippen molar-refractivity contribution < 1.29 is 4.42 Å². The van der Waals surface area contributed by atoms with Gasteiger partial charge in [0.05, 0.1) is 5.69 Å². The fourth-order valence-electron chi connectivity index (χ4n) is 2.35. The van der Waals surface area contributed by atoms with E-state index < -0.39 is 0 Å². The average molecular weight is 303 g/mol. The predicted octanol–water partition coefficient (Wildman–Crippen LogP) is 4.93. The van der Waals surface area contributed by atoms with Gasteiger partial charge in [0.25, 0.3) is 6.39 Å². The van der Waals surface area contributed by atoms with Crippen LogP contribution in [-0.4, -0.2) is 9.97 Å². The Hall–Kier alpha value is -2.72. The summed E-state index contributed by atoms with van der Waals surface area (Å²) in [7, 11) is 0. The van der Waals surface area contributed by atoms with E-state index in [-0.39, 0.29) is 0 Å². The van der Waals surface area contributed by atoms with Crippen molar-refractivity contribution in [2.45, 2.75) is 0 Å². The molecule has 0 saturated heterocycles. The van der Waals surface area contributed by atoms with Crippen LogP contribution >= 0.6 is 11.3 Å². The lowest BCUT2D eigenvalue weighted by Crippen LogP contribution is -1.85. The second-order valence-electron chi connectivity index (χ2n) is 4.77. The van der Waals surface area contributed by atoms with Crippen LogP contribution in [0.2, 0.25) is 0 Å². The van der Waals surface area contributed by atoms with Gasteiger partial charge in [0.1, 0.15) is 17.0 Å². The monoisotopic (exact) mass is 303 g/mol. The Kier molecular flexibility index (Phi) is 3.29. The molecule has 2 aromatic carbocycles. The molecule has 0 bridgehead atoms. The Labute approximate surface area is 131 Å². The van der Waals surface area contributed by atoms with Crippen LogP contribution in [0.3, 0.4) is 0 Å². The van der Waals surface area contributed by atoms with Crippen LogP contribution in [0.1, 0.15) is 0 Å². The first-order chi connectivity index (χ1) is 10.9. The summed E-state index contributed by atoms with van der Waals surface area (Å²) in [6.07, 6.45) is 4.10. The number of hydrogen-bond donors (Lipinski definition) is 0. The fourth-order valence-corrected chi connectivity index (χ4v) is 3.17. The second-order valence-corrected chi connectivity index (χ2v) is 5.63. The van der Waals surface area contributed by atoms with Gasteiger partial charge in [-0.2, -0.15) is 0 Å². The second kappa shape index (κ2) is 5.58. The maximum absolute atomic E-state index is 4.98. The zero-order chi connectivity index (χ0) is 14.8. The molecule has 0 N–H and O–H groups in total. The van der Waals surface area contributed by atoms with E-state index in [2.05, 4.69) is 28.9 Å². The number of benzene rings is 2. The van der Waals surface area contributed by atoms with Gasteiger partial charge in [-0.1, -0.05) is 54.6 Å². The number of aromatic nitrogens is 2. The highest BCUT2D eigenvalue weighted by Gasteiger charge is 2.12. The van der Waals surface area contributed by atoms with E-state index in [9.17, 15) is 0 Å². The first kappa shape index (κ1) is 13.0. The Morgan fingerprint density at radius 1 is 0.864 bits per heavy atom. The average Bonchev–Trinajstić information content (AvgIpc) is 3.28. The van der Waals surface area contributed by atoms with E-state index in [1.54, 1.807) is 17.6 Å². The summed E-state index contributed by atoms with van der Waals surface area (Å²) in [6, 6.07) is 18.3. The van der Waals surface area contributed by atoms with E-state index in [4.69, 9.17) is 9.40 Å². The van der Waals surface area contributed by atoms with Gasteiger partial charge in [-0.25, -0.2) is 9.97 Å². The number of nitrogens with zero attached hydrogens (tertiary/aromatic N) is 2. The van der Waals surface area contributed by atoms with E-state index in [0.717, 1.165) is 33.1 Å². The van der Waals surface area contributed by atoms with Crippen molar-refractivity contribution in [3.63, 3.8) is 0 Å². The SMILES string of the molecule is [c]1nc(-c2ccccc2-c2csc(-c3ccccc3)n2)co1. The summed E-state index contributed by atoms with van der Waals surface area (Å²) < 4.78 is 4.98. The summed E-state index contributed by atoms with van der Waals surface area (Å²) in [5.74, 6) is 0. The Balaban J connectivity index is 1.80. The number of oxazole rings is 1. The lowest BCUT2D eigenvalue weighted by molar-refractivity contribution is 0.548. The maximum atomic E-state index is 4.98. The molecule has 4 aromatic rings. The van der Waals surface area contributed by atoms with Crippen molar-refractivity contribution in [2.24, 2.45) is 0 Å². The molecular weight excluding hydrogens is 292 g/mol. The van der Waals surface area contributed by atoms with Gasteiger partial charge in [0, 0.05) is 22.1 Å². The maximum Gasteiger partial charge on any atom is 0.284 e. The Morgan fingerprint density at radius 2 is 1.59 bits per heavy atom. The first-order valence-corrected chi connectivity index (χ1v) is 7.72. The molecule has 0 aliphatic heterocycles. The topological polar surface area (TPSA) is 38.9 Å². The van der Waals surface area contributed by atoms with Crippen LogP contribution in [0.4, 0.5) is 0 Å². The molecule has 0 aliphatic carbocycles. The van der Waals surface area contributed by atoms with Crippen LogP contribution in [-0.2, 0) is 0 Å². The lowest BCUT2D eigenvalue weighted by atomic mass is 10.0. The van der Waals surface area contributed by atoms with Crippen LogP contribution in [0, 0.1) is 6.39 Å². The minimum Gasteiger partial charge on any atom is -0.440 e. The van der Waals surface area contributed by atoms with E-state index in [1.165, 1.54) is 0 Å². The van der Waals surface area contributed by atoms with Crippen molar-refractivity contribution in [3.8, 4) is 33.1 Å². The van der Waals surface area contributed by atoms with Crippen molar-refractivity contribution in [3.05, 3.63) is 72.6 Å². The van der Waals surface area contributed by atoms with Crippen LogP contribution in [0.5, 0.6) is 0 Å². The molecule has 0 amide bonds. The minimum absolute atomic E-state index is 0.768. The van der Waals surface area contributed by atoms with Gasteiger partial charge in [0.15, 0.2) is 0 Å². The van der Waals surface area contributed by atoms with Gasteiger partial charge in [-0.3, -0.25) is 0 Å². The fraction of sp³-hybridized carbons (Fsp3) is 0. The lowest BCUT2D eigenvalue weighted by Gasteiger charge is -2.03. The predicted molar refractivity (Wildman–Crippen MR) is 87.3 cm³/mol. The highest BCUT2D eigenvalue weighted by atomic mass is 32.1. The molecule has 2 heterocycles. The van der Waals surface area contributed by atoms with Crippen LogP contribution in [0.15, 0.2) is 70.7 Å². The molecule has 0 spiro atoms. The molecule has 0 aliphatic rings. The zero-order valence-electron chi connectivity index (χ0n) is 11.6. The van der Waals surface area contributed by atoms with Crippen molar-refractivity contribution in [2.75, 3.05) is 0 Å². The molecule has 105 valence electrons. The molecule has 0 unspecified atom stereocenters. The van der Waals surface area contributed by atoms with E-state index in [0.29, 0.717) is 0 Å². The van der Waals surface area contributed by atoms with Crippen LogP contribution in [0.25, 0.3) is 33.1 Å². The molecule has 1 radical (unpaired) electrons. The molecule has 3 nitrogen and oxygen atoms in total. The Morgan fingerprint density at radius 3 is 2.32 bits per heavy atom. The summed E-state index contributed by atoms with van der Waals surface area (Å²) >= 11 is 1.64. The van der Waals surface area contributed by atoms with Gasteiger partial charge >= 0.3 is 0 Å². The molecule has 0 atom stereocenters. The number of thiazole rings is 1. The normalized spacial score (nSPS) is 10.7. The van der Waals surface area contributed by atoms with Gasteiger partial charge in [0.2, 0.25) is 0 Å². The standard InChI is InChI=1S/C18H11N2OS/c1-2-6-13(7-3-1)18-20-17(11-22-18)15-9-5-4-8-14(15)16-10-21-12-19-16/h1-11H. The quantitative estimate of drug-likeness (QED) is 0.538. The molecule has 0 saturated carbocycles. The van der Waals surface area contributed by atoms with Crippen molar-refractivity contribution >= 4 is 11.3 Å². The highest BCUT2D eigenvalue weighted by Crippen LogP contribution is 2.34. The van der Waals surface area contributed by atoms with Crippen molar-refractivity contribution in [1.29, 1.82) is 0 Å². The van der Waals surface area contributed by atoms with E-state index >= 15 is 0 Å². The van der Waals surface area contributed by atoms with Gasteiger partial charge in [-0.05, 0) is 0 Å². The van der Waals surface area contributed by atoms with E-state index in [1.807, 2.05) is 42.5 Å². The molecule has 22 heavy (non-hydrogen) atoms. The Bertz CT molecular complexity index is 882. The zero-order valence-corrected chi connectivity index (χ0v) is 12.4. The molecule has 0 fully saturated rings. The summed E-state index contributed by atoms with van der Waals surface area (Å²) in [6.45, 7) is 0. The smallest absolute Gasteiger partial charge is 0.284 e. The van der Waals surface area contributed by atoms with Crippen molar-refractivity contribution in [1.82, 2.24) is 9.97 Å². The summed E-state index contributed by atoms with van der Waals surface area (Å²) in [4.78, 5) is 8.89.